The van der Waals surface area contributed by atoms with E-state index in [4.69, 9.17) is 16.0 Å². The zero-order chi connectivity index (χ0) is 28.1. The molecule has 2 unspecified atom stereocenters. The Bertz CT molecular complexity index is 1600. The number of amides is 1. The maximum absolute atomic E-state index is 11.2. The summed E-state index contributed by atoms with van der Waals surface area (Å²) in [7, 11) is 0. The van der Waals surface area contributed by atoms with Crippen molar-refractivity contribution < 1.29 is 4.79 Å². The van der Waals surface area contributed by atoms with Crippen LogP contribution in [0.3, 0.4) is 0 Å². The van der Waals surface area contributed by atoms with E-state index in [1.165, 1.54) is 52.3 Å². The van der Waals surface area contributed by atoms with Gasteiger partial charge in [-0.2, -0.15) is 5.26 Å². The van der Waals surface area contributed by atoms with Crippen LogP contribution >= 0.6 is 22.7 Å². The van der Waals surface area contributed by atoms with Gasteiger partial charge in [0.25, 0.3) is 5.91 Å². The largest absolute Gasteiger partial charge is 0.364 e. The molecule has 0 saturated heterocycles. The molecule has 4 heterocycles. The molecule has 0 fully saturated rings. The molecule has 0 spiro atoms. The van der Waals surface area contributed by atoms with E-state index in [1.807, 2.05) is 0 Å². The average molecular weight is 561 g/mol. The molecule has 2 aliphatic rings. The number of carbonyl (C=O) groups excluding carboxylic acids is 1. The van der Waals surface area contributed by atoms with Gasteiger partial charge in [-0.05, 0) is 84.5 Å². The van der Waals surface area contributed by atoms with E-state index in [-0.39, 0.29) is 0 Å². The number of hydrogen-bond donors (Lipinski definition) is 1. The third-order valence-electron chi connectivity index (χ3n) is 8.25. The molecule has 0 radical (unpaired) electrons. The van der Waals surface area contributed by atoms with Gasteiger partial charge < -0.3 is 5.73 Å². The molecule has 1 amide bonds. The predicted octanol–water partition coefficient (Wildman–Crippen LogP) is 6.66. The number of pyridine rings is 2. The first-order chi connectivity index (χ1) is 18.3. The van der Waals surface area contributed by atoms with E-state index < -0.39 is 5.91 Å². The number of thiazole rings is 2. The average Bonchev–Trinajstić information content (AvgIpc) is 3.47. The second-order valence-corrected chi connectivity index (χ2v) is 14.9. The summed E-state index contributed by atoms with van der Waals surface area (Å²) in [5.74, 6) is 0.898. The van der Waals surface area contributed by atoms with Crippen LogP contribution in [0.15, 0.2) is 12.1 Å². The lowest BCUT2D eigenvalue weighted by atomic mass is 9.71. The van der Waals surface area contributed by atoms with Crippen molar-refractivity contribution in [2.45, 2.75) is 80.1 Å². The lowest BCUT2D eigenvalue weighted by Crippen LogP contribution is -2.27. The van der Waals surface area contributed by atoms with Gasteiger partial charge in [-0.15, -0.1) is 0 Å². The molecule has 2 aliphatic carbocycles. The van der Waals surface area contributed by atoms with Gasteiger partial charge in [0.1, 0.15) is 26.8 Å². The fourth-order valence-corrected chi connectivity index (χ4v) is 7.19. The highest BCUT2D eigenvalue weighted by atomic mass is 32.1. The third-order valence-corrected chi connectivity index (χ3v) is 10.1. The maximum Gasteiger partial charge on any atom is 0.277 e. The molecular weight excluding hydrogens is 525 g/mol. The second kappa shape index (κ2) is 10.2. The van der Waals surface area contributed by atoms with Crippen molar-refractivity contribution in [3.63, 3.8) is 0 Å². The molecule has 2 N–H and O–H groups in total. The topological polar surface area (TPSA) is 118 Å². The summed E-state index contributed by atoms with van der Waals surface area (Å²) in [6.45, 7) is 13.8. The zero-order valence-corrected chi connectivity index (χ0v) is 25.2. The summed E-state index contributed by atoms with van der Waals surface area (Å²) < 4.78 is 0. The van der Waals surface area contributed by atoms with Crippen molar-refractivity contribution in [2.75, 3.05) is 0 Å². The van der Waals surface area contributed by atoms with Crippen LogP contribution in [0.1, 0.15) is 91.7 Å². The van der Waals surface area contributed by atoms with Crippen LogP contribution in [0.2, 0.25) is 0 Å². The monoisotopic (exact) mass is 560 g/mol. The number of nitriles is 1. The van der Waals surface area contributed by atoms with Gasteiger partial charge in [-0.1, -0.05) is 64.2 Å². The van der Waals surface area contributed by atoms with Crippen molar-refractivity contribution in [1.82, 2.24) is 19.9 Å². The Balaban J connectivity index is 0.000000158. The highest BCUT2D eigenvalue weighted by Gasteiger charge is 2.31. The number of carbonyl (C=O) groups is 1. The molecule has 2 atom stereocenters. The van der Waals surface area contributed by atoms with Crippen LogP contribution in [0.5, 0.6) is 0 Å². The molecule has 0 saturated carbocycles. The Kier molecular flexibility index (Phi) is 7.23. The van der Waals surface area contributed by atoms with Gasteiger partial charge in [-0.3, -0.25) is 4.79 Å². The lowest BCUT2D eigenvalue weighted by Gasteiger charge is -2.34. The van der Waals surface area contributed by atoms with E-state index in [1.54, 1.807) is 0 Å². The molecule has 9 heteroatoms. The lowest BCUT2D eigenvalue weighted by molar-refractivity contribution is 0.1000. The Morgan fingerprint density at radius 3 is 1.79 bits per heavy atom. The van der Waals surface area contributed by atoms with E-state index in [9.17, 15) is 4.79 Å². The van der Waals surface area contributed by atoms with Gasteiger partial charge in [0.05, 0.1) is 0 Å². The molecule has 0 bridgehead atoms. The van der Waals surface area contributed by atoms with E-state index in [2.05, 4.69) is 74.7 Å². The van der Waals surface area contributed by atoms with Crippen LogP contribution in [0, 0.1) is 34.0 Å². The standard InChI is InChI=1S/C15H19N3OS.C15H17N3S/c1-15(2,3)9-4-5-10-8(6-9)7-11-13(17-10)20-14(18-11)12(16)19;1-15(2,3)10-4-5-11-9(6-10)7-12-14(18-11)19-13(8-16)17-12/h7,9H,4-6H2,1-3H3,(H2,16,19);7,10H,4-6H2,1-3H3. The number of hydrogen-bond acceptors (Lipinski definition) is 8. The Labute approximate surface area is 237 Å². The summed E-state index contributed by atoms with van der Waals surface area (Å²) in [6.07, 6.45) is 6.58. The van der Waals surface area contributed by atoms with E-state index in [0.717, 1.165) is 52.1 Å². The first-order valence-electron chi connectivity index (χ1n) is 13.6. The second-order valence-electron chi connectivity index (χ2n) is 13.0. The number of aryl methyl sites for hydroxylation is 2. The van der Waals surface area contributed by atoms with Crippen LogP contribution in [0.4, 0.5) is 0 Å². The molecule has 7 nitrogen and oxygen atoms in total. The predicted molar refractivity (Wildman–Crippen MR) is 158 cm³/mol. The smallest absolute Gasteiger partial charge is 0.277 e. The number of rotatable bonds is 1. The summed E-state index contributed by atoms with van der Waals surface area (Å²) >= 11 is 2.68. The molecular formula is C30H36N6OS2. The Morgan fingerprint density at radius 2 is 1.33 bits per heavy atom. The molecule has 6 rings (SSSR count). The van der Waals surface area contributed by atoms with E-state index in [0.29, 0.717) is 32.7 Å². The number of aromatic nitrogens is 4. The Hall–Kier alpha value is -2.96. The summed E-state index contributed by atoms with van der Waals surface area (Å²) in [4.78, 5) is 31.0. The van der Waals surface area contributed by atoms with Crippen molar-refractivity contribution in [1.29, 1.82) is 5.26 Å². The normalized spacial score (nSPS) is 19.1. The van der Waals surface area contributed by atoms with Gasteiger partial charge >= 0.3 is 0 Å². The van der Waals surface area contributed by atoms with Crippen molar-refractivity contribution in [2.24, 2.45) is 28.4 Å². The SMILES string of the molecule is CC(C)(C)C1CCc2nc3sc(C#N)nc3cc2C1.CC(C)(C)C1CCc2nc3sc(C(N)=O)nc3cc2C1. The highest BCUT2D eigenvalue weighted by molar-refractivity contribution is 7.19. The zero-order valence-electron chi connectivity index (χ0n) is 23.6. The first-order valence-corrected chi connectivity index (χ1v) is 15.2. The van der Waals surface area contributed by atoms with Crippen molar-refractivity contribution in [3.8, 4) is 6.07 Å². The minimum atomic E-state index is -0.474. The third kappa shape index (κ3) is 5.82. The fraction of sp³-hybridized carbons (Fsp3) is 0.533. The van der Waals surface area contributed by atoms with Crippen molar-refractivity contribution >= 4 is 49.3 Å². The maximum atomic E-state index is 11.2. The molecule has 0 aromatic carbocycles. The van der Waals surface area contributed by atoms with E-state index >= 15 is 0 Å². The van der Waals surface area contributed by atoms with Crippen LogP contribution in [0.25, 0.3) is 20.7 Å². The molecule has 39 heavy (non-hydrogen) atoms. The highest BCUT2D eigenvalue weighted by Crippen LogP contribution is 2.39. The van der Waals surface area contributed by atoms with Gasteiger partial charge in [0.15, 0.2) is 10.0 Å². The first kappa shape index (κ1) is 27.6. The fourth-order valence-electron chi connectivity index (χ4n) is 5.66. The number of nitrogens with zero attached hydrogens (tertiary/aromatic N) is 5. The van der Waals surface area contributed by atoms with Crippen molar-refractivity contribution in [3.05, 3.63) is 44.7 Å². The molecule has 0 aliphatic heterocycles. The number of nitrogens with two attached hydrogens (primary N) is 1. The molecule has 4 aromatic rings. The summed E-state index contributed by atoms with van der Waals surface area (Å²) in [5, 5.41) is 9.78. The quantitative estimate of drug-likeness (QED) is 0.278. The molecule has 204 valence electrons. The minimum Gasteiger partial charge on any atom is -0.364 e. The summed E-state index contributed by atoms with van der Waals surface area (Å²) in [5.41, 5.74) is 12.6. The number of fused-ring (bicyclic) bond motifs is 4. The van der Waals surface area contributed by atoms with Crippen LogP contribution < -0.4 is 5.73 Å². The van der Waals surface area contributed by atoms with Crippen LogP contribution in [-0.2, 0) is 25.7 Å². The number of primary amides is 1. The summed E-state index contributed by atoms with van der Waals surface area (Å²) in [6, 6.07) is 6.35. The molecule has 4 aromatic heterocycles. The van der Waals surface area contributed by atoms with Crippen LogP contribution in [-0.4, -0.2) is 25.8 Å². The van der Waals surface area contributed by atoms with Gasteiger partial charge in [0, 0.05) is 11.4 Å². The Morgan fingerprint density at radius 1 is 0.846 bits per heavy atom. The van der Waals surface area contributed by atoms with Gasteiger partial charge in [-0.25, -0.2) is 19.9 Å². The van der Waals surface area contributed by atoms with Gasteiger partial charge in [0.2, 0.25) is 0 Å². The minimum absolute atomic E-state index is 0.313.